The lowest BCUT2D eigenvalue weighted by atomic mass is 10.1. The highest BCUT2D eigenvalue weighted by molar-refractivity contribution is 6.81. The van der Waals surface area contributed by atoms with E-state index in [1.165, 1.54) is 12.8 Å². The Morgan fingerprint density at radius 1 is 1.36 bits per heavy atom. The summed E-state index contributed by atoms with van der Waals surface area (Å²) in [5.74, 6) is 0.386. The Hall–Kier alpha value is -0.393. The molecule has 0 saturated carbocycles. The van der Waals surface area contributed by atoms with Crippen LogP contribution in [0.4, 0.5) is 0 Å². The lowest BCUT2D eigenvalue weighted by Crippen LogP contribution is -2.67. The number of hydrogen-bond acceptors (Lipinski definition) is 4. The lowest BCUT2D eigenvalue weighted by molar-refractivity contribution is -0.143. The summed E-state index contributed by atoms with van der Waals surface area (Å²) in [6.07, 6.45) is 4.18. The molecule has 4 nitrogen and oxygen atoms in total. The molecular weight excluding hydrogens is 292 g/mol. The molecule has 1 heterocycles. The van der Waals surface area contributed by atoms with E-state index in [0.717, 1.165) is 26.1 Å². The predicted octanol–water partition coefficient (Wildman–Crippen LogP) is 3.39. The maximum absolute atomic E-state index is 11.7. The van der Waals surface area contributed by atoms with E-state index in [-0.39, 0.29) is 5.97 Å². The second kappa shape index (κ2) is 8.46. The number of carbonyl (C=O) groups is 1. The number of carbonyl (C=O) groups excluding carboxylic acids is 1. The van der Waals surface area contributed by atoms with Crippen LogP contribution in [0.15, 0.2) is 0 Å². The minimum absolute atomic E-state index is 0.0703. The van der Waals surface area contributed by atoms with Crippen molar-refractivity contribution in [1.29, 1.82) is 0 Å². The Morgan fingerprint density at radius 2 is 2.05 bits per heavy atom. The monoisotopic (exact) mass is 328 g/mol. The Morgan fingerprint density at radius 3 is 2.64 bits per heavy atom. The van der Waals surface area contributed by atoms with Crippen molar-refractivity contribution in [3.8, 4) is 0 Å². The van der Waals surface area contributed by atoms with Crippen molar-refractivity contribution in [3.05, 3.63) is 0 Å². The Bertz CT molecular complexity index is 359. The molecule has 22 heavy (non-hydrogen) atoms. The second-order valence-electron chi connectivity index (χ2n) is 7.66. The quantitative estimate of drug-likeness (QED) is 0.548. The third-order valence-electron chi connectivity index (χ3n) is 5.54. The first-order valence-corrected chi connectivity index (χ1v) is 12.0. The molecular formula is C17H36N2O2Si. The van der Waals surface area contributed by atoms with Crippen LogP contribution in [-0.2, 0) is 9.53 Å². The molecule has 1 unspecified atom stereocenters. The van der Waals surface area contributed by atoms with Gasteiger partial charge in [-0.05, 0) is 24.9 Å². The molecule has 0 aromatic carbocycles. The molecule has 1 N–H and O–H groups in total. The van der Waals surface area contributed by atoms with Gasteiger partial charge in [0.25, 0.3) is 0 Å². The van der Waals surface area contributed by atoms with E-state index < -0.39 is 8.07 Å². The van der Waals surface area contributed by atoms with Gasteiger partial charge < -0.3 is 10.1 Å². The number of rotatable bonds is 8. The van der Waals surface area contributed by atoms with E-state index >= 15 is 0 Å². The van der Waals surface area contributed by atoms with Crippen LogP contribution in [0, 0.1) is 0 Å². The van der Waals surface area contributed by atoms with Gasteiger partial charge in [0.05, 0.1) is 21.1 Å². The van der Waals surface area contributed by atoms with E-state index in [2.05, 4.69) is 44.1 Å². The number of nitrogens with zero attached hydrogens (tertiary/aromatic N) is 1. The molecule has 0 aromatic rings. The van der Waals surface area contributed by atoms with Gasteiger partial charge in [0.2, 0.25) is 0 Å². The molecule has 130 valence electrons. The zero-order chi connectivity index (χ0) is 16.8. The van der Waals surface area contributed by atoms with Crippen molar-refractivity contribution >= 4 is 14.0 Å². The van der Waals surface area contributed by atoms with Crippen LogP contribution in [-0.4, -0.2) is 51.0 Å². The van der Waals surface area contributed by atoms with Gasteiger partial charge in [-0.15, -0.1) is 0 Å². The third kappa shape index (κ3) is 4.80. The van der Waals surface area contributed by atoms with Crippen LogP contribution in [0.1, 0.15) is 53.4 Å². The zero-order valence-electron chi connectivity index (χ0n) is 15.5. The molecule has 1 fully saturated rings. The zero-order valence-corrected chi connectivity index (χ0v) is 16.5. The SMILES string of the molecule is CCCC(C)(C)[Si](C)(C)C1NCCCN1CCC(=O)OCC. The number of hydrogen-bond donors (Lipinski definition) is 1. The minimum Gasteiger partial charge on any atom is -0.466 e. The van der Waals surface area contributed by atoms with Crippen LogP contribution >= 0.6 is 0 Å². The second-order valence-corrected chi connectivity index (χ2v) is 13.0. The Kier molecular flexibility index (Phi) is 7.55. The standard InChI is InChI=1S/C17H36N2O2Si/c1-7-11-17(3,4)22(5,6)16-18-12-9-13-19(16)14-10-15(20)21-8-2/h16,18H,7-14H2,1-6H3. The fraction of sp³-hybridized carbons (Fsp3) is 0.941. The number of nitrogens with one attached hydrogen (secondary N) is 1. The van der Waals surface area contributed by atoms with Gasteiger partial charge in [0.1, 0.15) is 0 Å². The lowest BCUT2D eigenvalue weighted by Gasteiger charge is -2.51. The summed E-state index contributed by atoms with van der Waals surface area (Å²) < 4.78 is 5.08. The molecule has 5 heteroatoms. The van der Waals surface area contributed by atoms with E-state index in [1.54, 1.807) is 0 Å². The molecule has 0 radical (unpaired) electrons. The largest absolute Gasteiger partial charge is 0.466 e. The molecule has 0 bridgehead atoms. The van der Waals surface area contributed by atoms with Crippen LogP contribution in [0.3, 0.4) is 0 Å². The Labute approximate surface area is 138 Å². The molecule has 1 aliphatic rings. The Balaban J connectivity index is 2.77. The van der Waals surface area contributed by atoms with Crippen molar-refractivity contribution in [3.63, 3.8) is 0 Å². The molecule has 0 amide bonds. The molecule has 0 aromatic heterocycles. The van der Waals surface area contributed by atoms with Crippen molar-refractivity contribution in [1.82, 2.24) is 10.2 Å². The summed E-state index contributed by atoms with van der Waals surface area (Å²) in [6, 6.07) is 0. The molecule has 1 saturated heterocycles. The number of esters is 1. The van der Waals surface area contributed by atoms with Gasteiger partial charge >= 0.3 is 5.97 Å². The normalized spacial score (nSPS) is 20.9. The average molecular weight is 329 g/mol. The van der Waals surface area contributed by atoms with Crippen molar-refractivity contribution < 1.29 is 9.53 Å². The van der Waals surface area contributed by atoms with Crippen LogP contribution in [0.2, 0.25) is 18.1 Å². The first-order valence-electron chi connectivity index (χ1n) is 8.89. The summed E-state index contributed by atoms with van der Waals surface area (Å²) in [6.45, 7) is 17.5. The first kappa shape index (κ1) is 19.7. The summed E-state index contributed by atoms with van der Waals surface area (Å²) in [5, 5.41) is 4.15. The van der Waals surface area contributed by atoms with Crippen LogP contribution in [0.25, 0.3) is 0 Å². The van der Waals surface area contributed by atoms with Gasteiger partial charge in [-0.25, -0.2) is 0 Å². The molecule has 0 aliphatic carbocycles. The molecule has 1 rings (SSSR count). The fourth-order valence-corrected chi connectivity index (χ4v) is 6.98. The highest BCUT2D eigenvalue weighted by Crippen LogP contribution is 2.44. The highest BCUT2D eigenvalue weighted by Gasteiger charge is 2.47. The van der Waals surface area contributed by atoms with Crippen molar-refractivity contribution in [2.75, 3.05) is 26.2 Å². The van der Waals surface area contributed by atoms with E-state index in [0.29, 0.717) is 23.9 Å². The highest BCUT2D eigenvalue weighted by atomic mass is 28.3. The van der Waals surface area contributed by atoms with Gasteiger partial charge in [-0.3, -0.25) is 9.69 Å². The van der Waals surface area contributed by atoms with Gasteiger partial charge in [-0.1, -0.05) is 46.7 Å². The van der Waals surface area contributed by atoms with E-state index in [9.17, 15) is 4.79 Å². The van der Waals surface area contributed by atoms with E-state index in [1.807, 2.05) is 6.92 Å². The maximum Gasteiger partial charge on any atom is 0.307 e. The summed E-state index contributed by atoms with van der Waals surface area (Å²) in [5.41, 5.74) is 0. The van der Waals surface area contributed by atoms with Crippen LogP contribution in [0.5, 0.6) is 0 Å². The molecule has 1 aliphatic heterocycles. The summed E-state index contributed by atoms with van der Waals surface area (Å²) >= 11 is 0. The molecule has 1 atom stereocenters. The van der Waals surface area contributed by atoms with Crippen LogP contribution < -0.4 is 5.32 Å². The first-order chi connectivity index (χ1) is 10.3. The van der Waals surface area contributed by atoms with Gasteiger partial charge in [0, 0.05) is 18.9 Å². The summed E-state index contributed by atoms with van der Waals surface area (Å²) in [4.78, 5) is 14.2. The maximum atomic E-state index is 11.7. The number of ether oxygens (including phenoxy) is 1. The average Bonchev–Trinajstić information content (AvgIpc) is 2.45. The summed E-state index contributed by atoms with van der Waals surface area (Å²) in [7, 11) is -1.54. The molecule has 0 spiro atoms. The fourth-order valence-electron chi connectivity index (χ4n) is 3.52. The van der Waals surface area contributed by atoms with Crippen molar-refractivity contribution in [2.24, 2.45) is 0 Å². The third-order valence-corrected chi connectivity index (χ3v) is 11.2. The van der Waals surface area contributed by atoms with Gasteiger partial charge in [0.15, 0.2) is 0 Å². The van der Waals surface area contributed by atoms with Gasteiger partial charge in [-0.2, -0.15) is 0 Å². The minimum atomic E-state index is -1.54. The predicted molar refractivity (Wildman–Crippen MR) is 95.7 cm³/mol. The smallest absolute Gasteiger partial charge is 0.307 e. The van der Waals surface area contributed by atoms with E-state index in [4.69, 9.17) is 4.74 Å². The topological polar surface area (TPSA) is 41.6 Å². The van der Waals surface area contributed by atoms with Crippen molar-refractivity contribution in [2.45, 2.75) is 77.3 Å².